The van der Waals surface area contributed by atoms with Gasteiger partial charge in [-0.2, -0.15) is 0 Å². The van der Waals surface area contributed by atoms with Crippen LogP contribution < -0.4 is 5.73 Å². The van der Waals surface area contributed by atoms with Crippen LogP contribution in [0.15, 0.2) is 40.9 Å². The van der Waals surface area contributed by atoms with Crippen molar-refractivity contribution in [2.45, 2.75) is 12.5 Å². The van der Waals surface area contributed by atoms with E-state index in [1.165, 1.54) is 18.2 Å². The minimum absolute atomic E-state index is 0.0617. The van der Waals surface area contributed by atoms with Crippen LogP contribution in [0.1, 0.15) is 17.2 Å². The van der Waals surface area contributed by atoms with Crippen LogP contribution >= 0.6 is 27.5 Å². The van der Waals surface area contributed by atoms with E-state index in [4.69, 9.17) is 17.3 Å². The van der Waals surface area contributed by atoms with Crippen molar-refractivity contribution < 1.29 is 8.78 Å². The first-order chi connectivity index (χ1) is 8.97. The third kappa shape index (κ3) is 3.53. The molecule has 100 valence electrons. The number of hydrogen-bond donors (Lipinski definition) is 1. The first-order valence-corrected chi connectivity index (χ1v) is 6.79. The highest BCUT2D eigenvalue weighted by atomic mass is 79.9. The molecule has 0 aliphatic heterocycles. The second-order valence-corrected chi connectivity index (χ2v) is 5.49. The van der Waals surface area contributed by atoms with Gasteiger partial charge in [0.1, 0.15) is 11.6 Å². The molecular weight excluding hydrogens is 336 g/mol. The van der Waals surface area contributed by atoms with E-state index in [1.807, 2.05) is 0 Å². The standard InChI is InChI=1S/C14H11BrClF2N/c15-10-3-2-9(7-13(10)18)14(19)6-8-1-4-12(17)11(16)5-8/h1-5,7,14H,6,19H2. The van der Waals surface area contributed by atoms with Crippen LogP contribution in [0.4, 0.5) is 8.78 Å². The summed E-state index contributed by atoms with van der Waals surface area (Å²) in [5.74, 6) is -0.821. The van der Waals surface area contributed by atoms with E-state index in [2.05, 4.69) is 15.9 Å². The normalized spacial score (nSPS) is 12.5. The Bertz CT molecular complexity index is 604. The second kappa shape index (κ2) is 5.99. The highest BCUT2D eigenvalue weighted by Gasteiger charge is 2.11. The molecule has 2 rings (SSSR count). The van der Waals surface area contributed by atoms with Gasteiger partial charge in [-0.15, -0.1) is 0 Å². The van der Waals surface area contributed by atoms with E-state index in [-0.39, 0.29) is 16.9 Å². The smallest absolute Gasteiger partial charge is 0.141 e. The summed E-state index contributed by atoms with van der Waals surface area (Å²) in [5, 5.41) is 0.0617. The molecule has 2 aromatic rings. The zero-order valence-electron chi connectivity index (χ0n) is 9.84. The summed E-state index contributed by atoms with van der Waals surface area (Å²) in [4.78, 5) is 0. The average molecular weight is 347 g/mol. The van der Waals surface area contributed by atoms with Gasteiger partial charge < -0.3 is 5.73 Å². The molecule has 0 fully saturated rings. The lowest BCUT2D eigenvalue weighted by Crippen LogP contribution is -2.13. The summed E-state index contributed by atoms with van der Waals surface area (Å²) in [6.45, 7) is 0. The van der Waals surface area contributed by atoms with Crippen molar-refractivity contribution in [1.82, 2.24) is 0 Å². The monoisotopic (exact) mass is 345 g/mol. The Kier molecular flexibility index (Phi) is 4.55. The number of benzene rings is 2. The molecule has 0 saturated carbocycles. The topological polar surface area (TPSA) is 26.0 Å². The van der Waals surface area contributed by atoms with Crippen LogP contribution in [0.5, 0.6) is 0 Å². The molecule has 1 nitrogen and oxygen atoms in total. The Morgan fingerprint density at radius 3 is 2.47 bits per heavy atom. The lowest BCUT2D eigenvalue weighted by atomic mass is 9.99. The molecule has 0 radical (unpaired) electrons. The number of hydrogen-bond acceptors (Lipinski definition) is 1. The van der Waals surface area contributed by atoms with Crippen LogP contribution in [-0.2, 0) is 6.42 Å². The zero-order valence-corrected chi connectivity index (χ0v) is 12.2. The van der Waals surface area contributed by atoms with Crippen molar-refractivity contribution >= 4 is 27.5 Å². The van der Waals surface area contributed by atoms with E-state index in [1.54, 1.807) is 18.2 Å². The quantitative estimate of drug-likeness (QED) is 0.862. The predicted molar refractivity (Wildman–Crippen MR) is 76.1 cm³/mol. The lowest BCUT2D eigenvalue weighted by molar-refractivity contribution is 0.611. The number of halogens is 4. The summed E-state index contributed by atoms with van der Waals surface area (Å²) in [6, 6.07) is 8.84. The van der Waals surface area contributed by atoms with Gasteiger partial charge >= 0.3 is 0 Å². The maximum Gasteiger partial charge on any atom is 0.141 e. The van der Waals surface area contributed by atoms with Crippen LogP contribution in [0.25, 0.3) is 0 Å². The molecule has 0 amide bonds. The zero-order chi connectivity index (χ0) is 14.0. The highest BCUT2D eigenvalue weighted by molar-refractivity contribution is 9.10. The molecule has 0 spiro atoms. The van der Waals surface area contributed by atoms with Crippen LogP contribution in [0, 0.1) is 11.6 Å². The molecule has 2 aromatic carbocycles. The minimum Gasteiger partial charge on any atom is -0.324 e. The van der Waals surface area contributed by atoms with Crippen LogP contribution in [0.2, 0.25) is 5.02 Å². The minimum atomic E-state index is -0.464. The third-order valence-corrected chi connectivity index (χ3v) is 3.74. The fourth-order valence-electron chi connectivity index (χ4n) is 1.78. The molecule has 5 heteroatoms. The van der Waals surface area contributed by atoms with Gasteiger partial charge in [-0.25, -0.2) is 8.78 Å². The van der Waals surface area contributed by atoms with E-state index < -0.39 is 5.82 Å². The van der Waals surface area contributed by atoms with Crippen molar-refractivity contribution in [1.29, 1.82) is 0 Å². The van der Waals surface area contributed by atoms with Gasteiger partial charge in [-0.3, -0.25) is 0 Å². The first kappa shape index (κ1) is 14.4. The summed E-state index contributed by atoms with van der Waals surface area (Å²) in [5.41, 5.74) is 7.50. The molecule has 0 saturated heterocycles. The Morgan fingerprint density at radius 2 is 1.84 bits per heavy atom. The van der Waals surface area contributed by atoms with Gasteiger partial charge in [0.25, 0.3) is 0 Å². The highest BCUT2D eigenvalue weighted by Crippen LogP contribution is 2.23. The van der Waals surface area contributed by atoms with Crippen molar-refractivity contribution in [3.8, 4) is 0 Å². The van der Waals surface area contributed by atoms with E-state index in [9.17, 15) is 8.78 Å². The van der Waals surface area contributed by atoms with Crippen LogP contribution in [0.3, 0.4) is 0 Å². The van der Waals surface area contributed by atoms with Crippen molar-refractivity contribution in [3.63, 3.8) is 0 Å². The molecule has 19 heavy (non-hydrogen) atoms. The van der Waals surface area contributed by atoms with Crippen molar-refractivity contribution in [2.75, 3.05) is 0 Å². The summed E-state index contributed by atoms with van der Waals surface area (Å²) in [6.07, 6.45) is 0.459. The summed E-state index contributed by atoms with van der Waals surface area (Å²) < 4.78 is 26.9. The maximum atomic E-state index is 13.4. The molecule has 0 aromatic heterocycles. The molecule has 2 N–H and O–H groups in total. The summed E-state index contributed by atoms with van der Waals surface area (Å²) in [7, 11) is 0. The average Bonchev–Trinajstić information content (AvgIpc) is 2.37. The number of nitrogens with two attached hydrogens (primary N) is 1. The van der Waals surface area contributed by atoms with Gasteiger partial charge in [-0.05, 0) is 57.7 Å². The van der Waals surface area contributed by atoms with E-state index >= 15 is 0 Å². The molecule has 0 bridgehead atoms. The van der Waals surface area contributed by atoms with Gasteiger partial charge in [0.05, 0.1) is 9.50 Å². The van der Waals surface area contributed by atoms with Crippen molar-refractivity contribution in [3.05, 3.63) is 68.7 Å². The molecule has 0 aliphatic rings. The van der Waals surface area contributed by atoms with E-state index in [0.29, 0.717) is 16.5 Å². The van der Waals surface area contributed by atoms with Gasteiger partial charge in [0.2, 0.25) is 0 Å². The van der Waals surface area contributed by atoms with Crippen molar-refractivity contribution in [2.24, 2.45) is 5.73 Å². The Morgan fingerprint density at radius 1 is 1.11 bits per heavy atom. The van der Waals surface area contributed by atoms with Gasteiger partial charge in [0.15, 0.2) is 0 Å². The fourth-order valence-corrected chi connectivity index (χ4v) is 2.23. The Labute approximate surface area is 123 Å². The fraction of sp³-hybridized carbons (Fsp3) is 0.143. The SMILES string of the molecule is NC(Cc1ccc(F)c(Cl)c1)c1ccc(Br)c(F)c1. The second-order valence-electron chi connectivity index (χ2n) is 4.23. The molecule has 0 heterocycles. The molecule has 1 unspecified atom stereocenters. The number of rotatable bonds is 3. The molecule has 1 atom stereocenters. The maximum absolute atomic E-state index is 13.4. The third-order valence-electron chi connectivity index (χ3n) is 2.81. The largest absolute Gasteiger partial charge is 0.324 e. The predicted octanol–water partition coefficient (Wildman–Crippen LogP) is 4.62. The molecule has 0 aliphatic carbocycles. The van der Waals surface area contributed by atoms with Crippen LogP contribution in [-0.4, -0.2) is 0 Å². The van der Waals surface area contributed by atoms with Gasteiger partial charge in [0, 0.05) is 6.04 Å². The Hall–Kier alpha value is -0.970. The summed E-state index contributed by atoms with van der Waals surface area (Å²) >= 11 is 8.80. The Balaban J connectivity index is 2.17. The van der Waals surface area contributed by atoms with Gasteiger partial charge in [-0.1, -0.05) is 23.7 Å². The molecular formula is C14H11BrClF2N. The first-order valence-electron chi connectivity index (χ1n) is 5.62. The van der Waals surface area contributed by atoms with E-state index in [0.717, 1.165) is 5.56 Å². The lowest BCUT2D eigenvalue weighted by Gasteiger charge is -2.13.